The highest BCUT2D eigenvalue weighted by Crippen LogP contribution is 2.28. The van der Waals surface area contributed by atoms with Gasteiger partial charge in [0.05, 0.1) is 6.61 Å². The van der Waals surface area contributed by atoms with Crippen molar-refractivity contribution < 1.29 is 4.74 Å². The van der Waals surface area contributed by atoms with Crippen LogP contribution in [0.4, 0.5) is 0 Å². The molecule has 1 rings (SSSR count). The van der Waals surface area contributed by atoms with E-state index in [2.05, 4.69) is 32.6 Å². The first-order valence-corrected chi connectivity index (χ1v) is 5.47. The van der Waals surface area contributed by atoms with Crippen LogP contribution in [0.5, 0.6) is 0 Å². The topological polar surface area (TPSA) is 12.5 Å². The third-order valence-corrected chi connectivity index (χ3v) is 3.01. The molecule has 2 nitrogen and oxygen atoms in total. The first kappa shape index (κ1) is 11.0. The smallest absolute Gasteiger partial charge is 0.119 e. The minimum absolute atomic E-state index is 0.0268. The molecule has 0 aliphatic carbocycles. The quantitative estimate of drug-likeness (QED) is 0.667. The molecule has 0 aromatic heterocycles. The molecule has 0 N–H and O–H groups in total. The summed E-state index contributed by atoms with van der Waals surface area (Å²) >= 11 is 0. The summed E-state index contributed by atoms with van der Waals surface area (Å²) in [6, 6.07) is 0. The summed E-state index contributed by atoms with van der Waals surface area (Å²) in [7, 11) is 0. The minimum atomic E-state index is 0.0268. The van der Waals surface area contributed by atoms with Gasteiger partial charge in [-0.3, -0.25) is 4.90 Å². The molecule has 0 amide bonds. The Balaban J connectivity index is 2.43. The average Bonchev–Trinajstić information content (AvgIpc) is 2.44. The summed E-state index contributed by atoms with van der Waals surface area (Å²) in [5, 5.41) is 0. The fourth-order valence-electron chi connectivity index (χ4n) is 1.98. The van der Waals surface area contributed by atoms with E-state index in [0.29, 0.717) is 0 Å². The van der Waals surface area contributed by atoms with Crippen molar-refractivity contribution in [3.05, 3.63) is 0 Å². The van der Waals surface area contributed by atoms with Gasteiger partial charge in [0.25, 0.3) is 0 Å². The molecule has 1 aliphatic rings. The van der Waals surface area contributed by atoms with Crippen LogP contribution in [0.3, 0.4) is 0 Å². The van der Waals surface area contributed by atoms with Crippen LogP contribution in [0.2, 0.25) is 0 Å². The van der Waals surface area contributed by atoms with Crippen LogP contribution < -0.4 is 0 Å². The fourth-order valence-corrected chi connectivity index (χ4v) is 1.98. The molecular formula is C11H23NO. The summed E-state index contributed by atoms with van der Waals surface area (Å²) in [6.07, 6.45) is 2.42. The number of hydrogen-bond acceptors (Lipinski definition) is 2. The Morgan fingerprint density at radius 1 is 1.46 bits per heavy atom. The lowest BCUT2D eigenvalue weighted by atomic mass is 10.0. The second kappa shape index (κ2) is 4.43. The molecule has 0 unspecified atom stereocenters. The van der Waals surface area contributed by atoms with Gasteiger partial charge in [-0.25, -0.2) is 0 Å². The largest absolute Gasteiger partial charge is 0.359 e. The van der Waals surface area contributed by atoms with E-state index >= 15 is 0 Å². The average molecular weight is 185 g/mol. The SMILES string of the molecule is CCN1CCO[C@]1(C)CCC(C)C. The van der Waals surface area contributed by atoms with Crippen molar-refractivity contribution in [2.45, 2.75) is 46.3 Å². The van der Waals surface area contributed by atoms with Crippen molar-refractivity contribution in [3.8, 4) is 0 Å². The molecule has 0 aromatic carbocycles. The molecule has 1 aliphatic heterocycles. The molecule has 1 saturated heterocycles. The predicted octanol–water partition coefficient (Wildman–Crippen LogP) is 2.49. The van der Waals surface area contributed by atoms with Gasteiger partial charge in [-0.1, -0.05) is 20.8 Å². The van der Waals surface area contributed by atoms with Crippen LogP contribution >= 0.6 is 0 Å². The minimum Gasteiger partial charge on any atom is -0.359 e. The normalized spacial score (nSPS) is 30.2. The van der Waals surface area contributed by atoms with E-state index in [4.69, 9.17) is 4.74 Å². The maximum Gasteiger partial charge on any atom is 0.119 e. The number of likely N-dealkylation sites (N-methyl/N-ethyl adjacent to an activating group) is 1. The van der Waals surface area contributed by atoms with Crippen molar-refractivity contribution in [2.24, 2.45) is 5.92 Å². The van der Waals surface area contributed by atoms with Crippen molar-refractivity contribution in [2.75, 3.05) is 19.7 Å². The van der Waals surface area contributed by atoms with Gasteiger partial charge in [-0.05, 0) is 32.2 Å². The molecule has 0 bridgehead atoms. The third-order valence-electron chi connectivity index (χ3n) is 3.01. The van der Waals surface area contributed by atoms with Gasteiger partial charge in [0.1, 0.15) is 5.72 Å². The van der Waals surface area contributed by atoms with Crippen LogP contribution in [0.25, 0.3) is 0 Å². The summed E-state index contributed by atoms with van der Waals surface area (Å²) < 4.78 is 5.82. The maximum absolute atomic E-state index is 5.82. The Morgan fingerprint density at radius 2 is 2.15 bits per heavy atom. The van der Waals surface area contributed by atoms with Crippen LogP contribution in [0.1, 0.15) is 40.5 Å². The predicted molar refractivity (Wildman–Crippen MR) is 55.7 cm³/mol. The molecule has 1 heterocycles. The molecule has 1 atom stereocenters. The van der Waals surface area contributed by atoms with E-state index < -0.39 is 0 Å². The molecule has 0 radical (unpaired) electrons. The molecular weight excluding hydrogens is 162 g/mol. The van der Waals surface area contributed by atoms with Gasteiger partial charge >= 0.3 is 0 Å². The Bertz CT molecular complexity index is 158. The Kier molecular flexibility index (Phi) is 3.74. The van der Waals surface area contributed by atoms with Crippen LogP contribution in [-0.2, 0) is 4.74 Å². The molecule has 2 heteroatoms. The number of rotatable bonds is 4. The maximum atomic E-state index is 5.82. The first-order valence-electron chi connectivity index (χ1n) is 5.47. The van der Waals surface area contributed by atoms with Gasteiger partial charge in [-0.2, -0.15) is 0 Å². The Labute approximate surface area is 82.3 Å². The van der Waals surface area contributed by atoms with Gasteiger partial charge in [0, 0.05) is 6.54 Å². The summed E-state index contributed by atoms with van der Waals surface area (Å²) in [4.78, 5) is 2.44. The highest BCUT2D eigenvalue weighted by Gasteiger charge is 2.36. The van der Waals surface area contributed by atoms with Crippen molar-refractivity contribution in [3.63, 3.8) is 0 Å². The van der Waals surface area contributed by atoms with E-state index in [0.717, 1.165) is 25.6 Å². The van der Waals surface area contributed by atoms with Gasteiger partial charge < -0.3 is 4.74 Å². The van der Waals surface area contributed by atoms with Crippen LogP contribution in [0.15, 0.2) is 0 Å². The summed E-state index contributed by atoms with van der Waals surface area (Å²) in [5.41, 5.74) is 0.0268. The first-order chi connectivity index (χ1) is 6.08. The standard InChI is InChI=1S/C11H23NO/c1-5-12-8-9-13-11(12,4)7-6-10(2)3/h10H,5-9H2,1-4H3/t11-/m1/s1. The zero-order chi connectivity index (χ0) is 9.90. The lowest BCUT2D eigenvalue weighted by Gasteiger charge is -2.33. The van der Waals surface area contributed by atoms with Gasteiger partial charge in [0.15, 0.2) is 0 Å². The van der Waals surface area contributed by atoms with E-state index in [1.165, 1.54) is 12.8 Å². The summed E-state index contributed by atoms with van der Waals surface area (Å²) in [6.45, 7) is 12.1. The zero-order valence-electron chi connectivity index (χ0n) is 9.47. The molecule has 13 heavy (non-hydrogen) atoms. The lowest BCUT2D eigenvalue weighted by Crippen LogP contribution is -2.42. The highest BCUT2D eigenvalue weighted by atomic mass is 16.5. The highest BCUT2D eigenvalue weighted by molar-refractivity contribution is 4.81. The van der Waals surface area contributed by atoms with Crippen molar-refractivity contribution in [1.29, 1.82) is 0 Å². The number of nitrogens with zero attached hydrogens (tertiary/aromatic N) is 1. The molecule has 0 spiro atoms. The monoisotopic (exact) mass is 185 g/mol. The van der Waals surface area contributed by atoms with Crippen molar-refractivity contribution >= 4 is 0 Å². The van der Waals surface area contributed by atoms with E-state index in [9.17, 15) is 0 Å². The zero-order valence-corrected chi connectivity index (χ0v) is 9.47. The van der Waals surface area contributed by atoms with E-state index in [-0.39, 0.29) is 5.72 Å². The lowest BCUT2D eigenvalue weighted by molar-refractivity contribution is -0.0735. The molecule has 1 fully saturated rings. The van der Waals surface area contributed by atoms with Gasteiger partial charge in [-0.15, -0.1) is 0 Å². The van der Waals surface area contributed by atoms with Gasteiger partial charge in [0.2, 0.25) is 0 Å². The number of ether oxygens (including phenoxy) is 1. The Hall–Kier alpha value is -0.0800. The summed E-state index contributed by atoms with van der Waals surface area (Å²) in [5.74, 6) is 0.778. The van der Waals surface area contributed by atoms with E-state index in [1.807, 2.05) is 0 Å². The third kappa shape index (κ3) is 2.68. The molecule has 0 saturated carbocycles. The second-order valence-corrected chi connectivity index (χ2v) is 4.54. The fraction of sp³-hybridized carbons (Fsp3) is 1.00. The number of hydrogen-bond donors (Lipinski definition) is 0. The second-order valence-electron chi connectivity index (χ2n) is 4.54. The van der Waals surface area contributed by atoms with Crippen LogP contribution in [-0.4, -0.2) is 30.3 Å². The Morgan fingerprint density at radius 3 is 2.69 bits per heavy atom. The van der Waals surface area contributed by atoms with Crippen LogP contribution in [0, 0.1) is 5.92 Å². The molecule has 0 aromatic rings. The molecule has 78 valence electrons. The van der Waals surface area contributed by atoms with Crippen molar-refractivity contribution in [1.82, 2.24) is 4.90 Å². The van der Waals surface area contributed by atoms with E-state index in [1.54, 1.807) is 0 Å².